The van der Waals surface area contributed by atoms with Gasteiger partial charge in [0.2, 0.25) is 5.91 Å². The molecule has 2 unspecified atom stereocenters. The first kappa shape index (κ1) is 28.8. The van der Waals surface area contributed by atoms with Gasteiger partial charge in [0.1, 0.15) is 17.7 Å². The Kier molecular flexibility index (Phi) is 9.26. The van der Waals surface area contributed by atoms with Crippen molar-refractivity contribution in [1.29, 1.82) is 0 Å². The van der Waals surface area contributed by atoms with Gasteiger partial charge in [-0.2, -0.15) is 0 Å². The predicted molar refractivity (Wildman–Crippen MR) is 141 cm³/mol. The van der Waals surface area contributed by atoms with Gasteiger partial charge in [0, 0.05) is 11.2 Å². The summed E-state index contributed by atoms with van der Waals surface area (Å²) in [4.78, 5) is 41.4. The average Bonchev–Trinajstić information content (AvgIpc) is 2.75. The molecule has 0 heterocycles. The number of nitrogens with one attached hydrogen (secondary N) is 2. The Morgan fingerprint density at radius 3 is 2.03 bits per heavy atom. The Morgan fingerprint density at radius 1 is 0.944 bits per heavy atom. The summed E-state index contributed by atoms with van der Waals surface area (Å²) >= 11 is 0. The molecular weight excluding hydrogens is 458 g/mol. The number of aryl methyl sites for hydroxylation is 2. The molecule has 0 aromatic heterocycles. The summed E-state index contributed by atoms with van der Waals surface area (Å²) < 4.78 is 5.27. The van der Waals surface area contributed by atoms with E-state index in [1.54, 1.807) is 59.7 Å². The van der Waals surface area contributed by atoms with Crippen molar-refractivity contribution in [3.05, 3.63) is 65.2 Å². The lowest BCUT2D eigenvalue weighted by molar-refractivity contribution is -0.147. The highest BCUT2D eigenvalue weighted by atomic mass is 16.6. The number of aliphatic hydroxyl groups is 1. The molecule has 0 fully saturated rings. The van der Waals surface area contributed by atoms with Gasteiger partial charge >= 0.3 is 6.09 Å². The van der Waals surface area contributed by atoms with E-state index in [-0.39, 0.29) is 0 Å². The van der Waals surface area contributed by atoms with Gasteiger partial charge in [-0.1, -0.05) is 48.0 Å². The van der Waals surface area contributed by atoms with Crippen LogP contribution in [0.25, 0.3) is 0 Å². The van der Waals surface area contributed by atoms with Gasteiger partial charge in [0.15, 0.2) is 0 Å². The molecule has 0 bridgehead atoms. The first-order valence-corrected chi connectivity index (χ1v) is 12.0. The Bertz CT molecular complexity index is 1070. The number of nitrogens with zero attached hydrogens (tertiary/aromatic N) is 1. The van der Waals surface area contributed by atoms with E-state index in [2.05, 4.69) is 10.6 Å². The Hall–Kier alpha value is -3.39. The molecule has 36 heavy (non-hydrogen) atoms. The average molecular weight is 498 g/mol. The fourth-order valence-corrected chi connectivity index (χ4v) is 3.73. The van der Waals surface area contributed by atoms with Crippen molar-refractivity contribution >= 4 is 23.6 Å². The van der Waals surface area contributed by atoms with Crippen molar-refractivity contribution in [3.63, 3.8) is 0 Å². The number of alkyl carbamates (subject to hydrolysis) is 1. The zero-order valence-electron chi connectivity index (χ0n) is 22.5. The van der Waals surface area contributed by atoms with Crippen LogP contribution in [0.5, 0.6) is 0 Å². The molecule has 2 atom stereocenters. The molecule has 2 aromatic carbocycles. The number of carbonyl (C=O) groups excluding carboxylic acids is 3. The highest BCUT2D eigenvalue weighted by molar-refractivity contribution is 5.99. The Labute approximate surface area is 214 Å². The minimum Gasteiger partial charge on any atom is -0.444 e. The fraction of sp³-hybridized carbons (Fsp3) is 0.464. The van der Waals surface area contributed by atoms with Crippen LogP contribution in [0.2, 0.25) is 0 Å². The van der Waals surface area contributed by atoms with Crippen LogP contribution in [0, 0.1) is 13.8 Å². The largest absolute Gasteiger partial charge is 0.444 e. The third-order valence-corrected chi connectivity index (χ3v) is 5.43. The standard InChI is InChI=1S/C28H39N3O5/c1-18-13-15-20(16-14-18)23(24(33)29-21-12-10-9-11-19(21)2)31(27(3,4)5)25(34)22(17-32)30-26(35)36-28(6,7)8/h9-16,22-23,32H,17H2,1-8H3,(H,29,33)(H,30,35). The second-order valence-electron chi connectivity index (χ2n) is 10.9. The fourth-order valence-electron chi connectivity index (χ4n) is 3.73. The number of aliphatic hydroxyl groups excluding tert-OH is 1. The molecule has 3 N–H and O–H groups in total. The zero-order valence-corrected chi connectivity index (χ0v) is 22.5. The van der Waals surface area contributed by atoms with Crippen LogP contribution in [-0.2, 0) is 14.3 Å². The van der Waals surface area contributed by atoms with E-state index in [0.717, 1.165) is 11.1 Å². The van der Waals surface area contributed by atoms with Crippen molar-refractivity contribution in [1.82, 2.24) is 10.2 Å². The third-order valence-electron chi connectivity index (χ3n) is 5.43. The number of amides is 3. The lowest BCUT2D eigenvalue weighted by atomic mass is 9.95. The van der Waals surface area contributed by atoms with E-state index in [0.29, 0.717) is 11.3 Å². The maximum Gasteiger partial charge on any atom is 0.408 e. The SMILES string of the molecule is Cc1ccc(C(C(=O)Nc2ccccc2C)N(C(=O)C(CO)NC(=O)OC(C)(C)C)C(C)(C)C)cc1. The van der Waals surface area contributed by atoms with Gasteiger partial charge < -0.3 is 25.4 Å². The van der Waals surface area contributed by atoms with E-state index in [1.807, 2.05) is 44.2 Å². The number of carbonyl (C=O) groups is 3. The summed E-state index contributed by atoms with van der Waals surface area (Å²) in [5.74, 6) is -1.02. The van der Waals surface area contributed by atoms with Gasteiger partial charge in [-0.15, -0.1) is 0 Å². The van der Waals surface area contributed by atoms with E-state index >= 15 is 0 Å². The van der Waals surface area contributed by atoms with Crippen LogP contribution in [-0.4, -0.2) is 51.7 Å². The molecule has 0 spiro atoms. The Morgan fingerprint density at radius 2 is 1.53 bits per heavy atom. The number of ether oxygens (including phenoxy) is 1. The summed E-state index contributed by atoms with van der Waals surface area (Å²) in [6.45, 7) is 13.7. The molecule has 0 saturated heterocycles. The number of rotatable bonds is 7. The van der Waals surface area contributed by atoms with E-state index in [9.17, 15) is 19.5 Å². The smallest absolute Gasteiger partial charge is 0.408 e. The van der Waals surface area contributed by atoms with Crippen molar-refractivity contribution in [3.8, 4) is 0 Å². The molecule has 8 heteroatoms. The van der Waals surface area contributed by atoms with Crippen molar-refractivity contribution < 1.29 is 24.2 Å². The normalized spacial score (nSPS) is 13.4. The second kappa shape index (κ2) is 11.6. The lowest BCUT2D eigenvalue weighted by Crippen LogP contribution is -2.59. The van der Waals surface area contributed by atoms with Crippen LogP contribution in [0.3, 0.4) is 0 Å². The highest BCUT2D eigenvalue weighted by Gasteiger charge is 2.41. The lowest BCUT2D eigenvalue weighted by Gasteiger charge is -2.42. The molecule has 0 aliphatic carbocycles. The summed E-state index contributed by atoms with van der Waals surface area (Å²) in [5.41, 5.74) is 1.48. The molecule has 2 aromatic rings. The summed E-state index contributed by atoms with van der Waals surface area (Å²) in [5, 5.41) is 15.4. The maximum atomic E-state index is 13.8. The number of anilines is 1. The number of para-hydroxylation sites is 1. The number of hydrogen-bond acceptors (Lipinski definition) is 5. The molecule has 8 nitrogen and oxygen atoms in total. The number of benzene rings is 2. The van der Waals surface area contributed by atoms with Crippen LogP contribution >= 0.6 is 0 Å². The van der Waals surface area contributed by atoms with Crippen LogP contribution in [0.15, 0.2) is 48.5 Å². The van der Waals surface area contributed by atoms with Gasteiger partial charge in [-0.25, -0.2) is 4.79 Å². The Balaban J connectivity index is 2.52. The topological polar surface area (TPSA) is 108 Å². The minimum atomic E-state index is -1.31. The molecule has 0 aliphatic rings. The summed E-state index contributed by atoms with van der Waals surface area (Å²) in [6, 6.07) is 12.4. The van der Waals surface area contributed by atoms with Gasteiger partial charge in [0.25, 0.3) is 5.91 Å². The van der Waals surface area contributed by atoms with Crippen LogP contribution < -0.4 is 10.6 Å². The maximum absolute atomic E-state index is 13.8. The molecule has 0 saturated carbocycles. The van der Waals surface area contributed by atoms with E-state index in [4.69, 9.17) is 4.74 Å². The van der Waals surface area contributed by atoms with Crippen LogP contribution in [0.4, 0.5) is 10.5 Å². The molecule has 0 radical (unpaired) electrons. The number of hydrogen-bond donors (Lipinski definition) is 3. The monoisotopic (exact) mass is 497 g/mol. The second-order valence-corrected chi connectivity index (χ2v) is 10.9. The van der Waals surface area contributed by atoms with Crippen molar-refractivity contribution in [2.45, 2.75) is 78.6 Å². The third kappa shape index (κ3) is 7.81. The van der Waals surface area contributed by atoms with Crippen molar-refractivity contribution in [2.24, 2.45) is 0 Å². The van der Waals surface area contributed by atoms with Gasteiger partial charge in [-0.05, 0) is 72.6 Å². The molecule has 2 rings (SSSR count). The van der Waals surface area contributed by atoms with E-state index < -0.39 is 47.7 Å². The highest BCUT2D eigenvalue weighted by Crippen LogP contribution is 2.31. The molecule has 196 valence electrons. The van der Waals surface area contributed by atoms with Crippen molar-refractivity contribution in [2.75, 3.05) is 11.9 Å². The van der Waals surface area contributed by atoms with Gasteiger partial charge in [-0.3, -0.25) is 9.59 Å². The molecule has 0 aliphatic heterocycles. The minimum absolute atomic E-state index is 0.412. The van der Waals surface area contributed by atoms with Gasteiger partial charge in [0.05, 0.1) is 6.61 Å². The predicted octanol–water partition coefficient (Wildman–Crippen LogP) is 4.50. The van der Waals surface area contributed by atoms with Crippen LogP contribution in [0.1, 0.15) is 64.3 Å². The molecular formula is C28H39N3O5. The quantitative estimate of drug-likeness (QED) is 0.522. The van der Waals surface area contributed by atoms with E-state index in [1.165, 1.54) is 4.90 Å². The summed E-state index contributed by atoms with van der Waals surface area (Å²) in [7, 11) is 0. The summed E-state index contributed by atoms with van der Waals surface area (Å²) in [6.07, 6.45) is -0.833. The first-order valence-electron chi connectivity index (χ1n) is 12.0. The first-order chi connectivity index (χ1) is 16.6. The zero-order chi connectivity index (χ0) is 27.3. The molecule has 3 amide bonds.